The summed E-state index contributed by atoms with van der Waals surface area (Å²) in [5.41, 5.74) is 1.03. The molecular formula is C9H13IN2O. The zero-order valence-electron chi connectivity index (χ0n) is 7.79. The first kappa shape index (κ1) is 10.7. The zero-order valence-corrected chi connectivity index (χ0v) is 9.95. The lowest BCUT2D eigenvalue weighted by Gasteiger charge is -2.17. The van der Waals surface area contributed by atoms with Crippen molar-refractivity contribution in [1.82, 2.24) is 4.98 Å². The van der Waals surface area contributed by atoms with Crippen LogP contribution in [0, 0.1) is 10.5 Å². The molecule has 1 aromatic heterocycles. The lowest BCUT2D eigenvalue weighted by Crippen LogP contribution is -2.22. The highest BCUT2D eigenvalue weighted by molar-refractivity contribution is 14.1. The van der Waals surface area contributed by atoms with E-state index >= 15 is 0 Å². The monoisotopic (exact) mass is 292 g/mol. The normalized spacial score (nSPS) is 10.2. The number of hydrogen-bond acceptors (Lipinski definition) is 3. The Morgan fingerprint density at radius 2 is 2.23 bits per heavy atom. The first-order valence-electron chi connectivity index (χ1n) is 4.10. The Morgan fingerprint density at radius 3 is 2.77 bits per heavy atom. The molecule has 0 bridgehead atoms. The van der Waals surface area contributed by atoms with Gasteiger partial charge in [0.2, 0.25) is 0 Å². The van der Waals surface area contributed by atoms with E-state index in [0.29, 0.717) is 6.54 Å². The minimum absolute atomic E-state index is 0.156. The summed E-state index contributed by atoms with van der Waals surface area (Å²) < 4.78 is 1.17. The second-order valence-electron chi connectivity index (χ2n) is 2.88. The van der Waals surface area contributed by atoms with Gasteiger partial charge >= 0.3 is 0 Å². The van der Waals surface area contributed by atoms with Gasteiger partial charge in [-0.25, -0.2) is 4.98 Å². The van der Waals surface area contributed by atoms with Gasteiger partial charge in [-0.1, -0.05) is 0 Å². The topological polar surface area (TPSA) is 36.4 Å². The lowest BCUT2D eigenvalue weighted by atomic mass is 10.3. The van der Waals surface area contributed by atoms with Crippen molar-refractivity contribution >= 4 is 28.4 Å². The van der Waals surface area contributed by atoms with Gasteiger partial charge in [-0.15, -0.1) is 0 Å². The van der Waals surface area contributed by atoms with E-state index in [1.807, 2.05) is 31.0 Å². The minimum atomic E-state index is 0.156. The summed E-state index contributed by atoms with van der Waals surface area (Å²) in [6.45, 7) is 2.76. The Labute approximate surface area is 91.9 Å². The van der Waals surface area contributed by atoms with E-state index in [9.17, 15) is 0 Å². The third-order valence-electron chi connectivity index (χ3n) is 1.83. The van der Waals surface area contributed by atoms with Gasteiger partial charge in [0.15, 0.2) is 0 Å². The predicted octanol–water partition coefficient (Wildman–Crippen LogP) is 1.42. The fourth-order valence-corrected chi connectivity index (χ4v) is 1.31. The number of pyridine rings is 1. The highest BCUT2D eigenvalue weighted by Crippen LogP contribution is 2.14. The molecule has 3 nitrogen and oxygen atoms in total. The van der Waals surface area contributed by atoms with Crippen LogP contribution in [0.25, 0.3) is 0 Å². The number of aliphatic hydroxyl groups is 1. The average molecular weight is 292 g/mol. The van der Waals surface area contributed by atoms with E-state index in [2.05, 4.69) is 27.6 Å². The number of anilines is 1. The average Bonchev–Trinajstić information content (AvgIpc) is 2.10. The quantitative estimate of drug-likeness (QED) is 0.856. The summed E-state index contributed by atoms with van der Waals surface area (Å²) in [5.74, 6) is 0.909. The van der Waals surface area contributed by atoms with Crippen LogP contribution in [0.4, 0.5) is 5.82 Å². The van der Waals surface area contributed by atoms with Gasteiger partial charge in [0, 0.05) is 17.2 Å². The highest BCUT2D eigenvalue weighted by Gasteiger charge is 2.02. The van der Waals surface area contributed by atoms with Gasteiger partial charge in [0.1, 0.15) is 5.82 Å². The van der Waals surface area contributed by atoms with Crippen LogP contribution in [0.1, 0.15) is 5.69 Å². The number of aliphatic hydroxyl groups excluding tert-OH is 1. The molecule has 0 aromatic carbocycles. The Morgan fingerprint density at radius 1 is 1.54 bits per heavy atom. The van der Waals surface area contributed by atoms with Crippen molar-refractivity contribution in [2.24, 2.45) is 0 Å². The van der Waals surface area contributed by atoms with Crippen LogP contribution < -0.4 is 4.90 Å². The molecule has 0 spiro atoms. The maximum Gasteiger partial charge on any atom is 0.128 e. The van der Waals surface area contributed by atoms with E-state index in [4.69, 9.17) is 5.11 Å². The number of halogens is 1. The second-order valence-corrected chi connectivity index (χ2v) is 4.04. The van der Waals surface area contributed by atoms with Crippen LogP contribution in [0.15, 0.2) is 12.1 Å². The SMILES string of the molecule is Cc1nc(N(C)CCO)ccc1I. The molecule has 1 rings (SSSR count). The summed E-state index contributed by atoms with van der Waals surface area (Å²) >= 11 is 2.26. The molecule has 1 aromatic rings. The molecule has 13 heavy (non-hydrogen) atoms. The molecule has 1 N–H and O–H groups in total. The second kappa shape index (κ2) is 4.76. The van der Waals surface area contributed by atoms with Gasteiger partial charge in [-0.05, 0) is 41.6 Å². The first-order valence-corrected chi connectivity index (χ1v) is 5.18. The number of rotatable bonds is 3. The van der Waals surface area contributed by atoms with E-state index < -0.39 is 0 Å². The third-order valence-corrected chi connectivity index (χ3v) is 2.97. The van der Waals surface area contributed by atoms with Gasteiger partial charge in [0.05, 0.1) is 12.3 Å². The number of likely N-dealkylation sites (N-methyl/N-ethyl adjacent to an activating group) is 1. The van der Waals surface area contributed by atoms with Crippen molar-refractivity contribution < 1.29 is 5.11 Å². The summed E-state index contributed by atoms with van der Waals surface area (Å²) in [7, 11) is 1.92. The molecule has 0 fully saturated rings. The van der Waals surface area contributed by atoms with Crippen molar-refractivity contribution in [2.75, 3.05) is 25.1 Å². The molecule has 72 valence electrons. The number of aromatic nitrogens is 1. The lowest BCUT2D eigenvalue weighted by molar-refractivity contribution is 0.304. The van der Waals surface area contributed by atoms with E-state index in [1.54, 1.807) is 0 Å². The van der Waals surface area contributed by atoms with E-state index in [-0.39, 0.29) is 6.61 Å². The smallest absolute Gasteiger partial charge is 0.128 e. The number of aryl methyl sites for hydroxylation is 1. The maximum absolute atomic E-state index is 8.75. The van der Waals surface area contributed by atoms with Gasteiger partial charge < -0.3 is 10.0 Å². The fraction of sp³-hybridized carbons (Fsp3) is 0.444. The minimum Gasteiger partial charge on any atom is -0.395 e. The molecule has 0 aliphatic heterocycles. The summed E-state index contributed by atoms with van der Waals surface area (Å²) in [6.07, 6.45) is 0. The third kappa shape index (κ3) is 2.80. The van der Waals surface area contributed by atoms with Crippen LogP contribution in [-0.2, 0) is 0 Å². The number of hydrogen-bond donors (Lipinski definition) is 1. The molecule has 0 atom stereocenters. The van der Waals surface area contributed by atoms with Gasteiger partial charge in [-0.3, -0.25) is 0 Å². The Hall–Kier alpha value is -0.360. The van der Waals surface area contributed by atoms with E-state index in [0.717, 1.165) is 11.5 Å². The molecule has 4 heteroatoms. The summed E-state index contributed by atoms with van der Waals surface area (Å²) in [6, 6.07) is 4.00. The predicted molar refractivity (Wildman–Crippen MR) is 62.0 cm³/mol. The molecule has 0 aliphatic rings. The van der Waals surface area contributed by atoms with Crippen molar-refractivity contribution in [3.8, 4) is 0 Å². The standard InChI is InChI=1S/C9H13IN2O/c1-7-8(10)3-4-9(11-7)12(2)5-6-13/h3-4,13H,5-6H2,1-2H3. The Bertz CT molecular complexity index is 291. The van der Waals surface area contributed by atoms with E-state index in [1.165, 1.54) is 3.57 Å². The maximum atomic E-state index is 8.75. The van der Waals surface area contributed by atoms with Crippen LogP contribution in [-0.4, -0.2) is 30.3 Å². The summed E-state index contributed by atoms with van der Waals surface area (Å²) in [5, 5.41) is 8.75. The largest absolute Gasteiger partial charge is 0.395 e. The van der Waals surface area contributed by atoms with Crippen LogP contribution in [0.2, 0.25) is 0 Å². The van der Waals surface area contributed by atoms with Gasteiger partial charge in [0.25, 0.3) is 0 Å². The molecule has 0 unspecified atom stereocenters. The fourth-order valence-electron chi connectivity index (χ4n) is 1.01. The van der Waals surface area contributed by atoms with Crippen molar-refractivity contribution in [2.45, 2.75) is 6.92 Å². The van der Waals surface area contributed by atoms with Crippen molar-refractivity contribution in [1.29, 1.82) is 0 Å². The Balaban J connectivity index is 2.84. The molecule has 0 amide bonds. The molecular weight excluding hydrogens is 279 g/mol. The Kier molecular flexibility index (Phi) is 3.92. The summed E-state index contributed by atoms with van der Waals surface area (Å²) in [4.78, 5) is 6.33. The van der Waals surface area contributed by atoms with Crippen LogP contribution >= 0.6 is 22.6 Å². The first-order chi connectivity index (χ1) is 6.15. The van der Waals surface area contributed by atoms with Crippen molar-refractivity contribution in [3.05, 3.63) is 21.4 Å². The molecule has 0 radical (unpaired) electrons. The van der Waals surface area contributed by atoms with Crippen LogP contribution in [0.5, 0.6) is 0 Å². The van der Waals surface area contributed by atoms with Crippen molar-refractivity contribution in [3.63, 3.8) is 0 Å². The molecule has 1 heterocycles. The zero-order chi connectivity index (χ0) is 9.84. The molecule has 0 aliphatic carbocycles. The molecule has 0 saturated carbocycles. The molecule has 0 saturated heterocycles. The van der Waals surface area contributed by atoms with Gasteiger partial charge in [-0.2, -0.15) is 0 Å². The highest BCUT2D eigenvalue weighted by atomic mass is 127. The van der Waals surface area contributed by atoms with Crippen LogP contribution in [0.3, 0.4) is 0 Å². The number of nitrogens with zero attached hydrogens (tertiary/aromatic N) is 2.